The Morgan fingerprint density at radius 3 is 2.72 bits per heavy atom. The third kappa shape index (κ3) is 3.23. The summed E-state index contributed by atoms with van der Waals surface area (Å²) < 4.78 is 31.0. The third-order valence-corrected chi connectivity index (χ3v) is 5.06. The van der Waals surface area contributed by atoms with E-state index in [1.165, 1.54) is 18.3 Å². The fourth-order valence-electron chi connectivity index (χ4n) is 3.74. The molecule has 7 nitrogen and oxygen atoms in total. The molecule has 0 aliphatic carbocycles. The fourth-order valence-corrected chi connectivity index (χ4v) is 3.74. The van der Waals surface area contributed by atoms with Crippen LogP contribution in [0.2, 0.25) is 0 Å². The SMILES string of the molecule is Cc1cn2cc(Nc3cnnc4cc(N5CCNCC5)cc(F)c34)cc(F)c2n1. The first kappa shape index (κ1) is 17.7. The van der Waals surface area contributed by atoms with Gasteiger partial charge in [-0.1, -0.05) is 0 Å². The predicted octanol–water partition coefficient (Wildman–Crippen LogP) is 3.02. The number of piperazine rings is 1. The summed E-state index contributed by atoms with van der Waals surface area (Å²) in [5.74, 6) is -0.857. The molecule has 4 heterocycles. The molecule has 5 rings (SSSR count). The van der Waals surface area contributed by atoms with Gasteiger partial charge in [0, 0.05) is 50.3 Å². The molecule has 2 N–H and O–H groups in total. The molecule has 3 aromatic heterocycles. The molecule has 148 valence electrons. The van der Waals surface area contributed by atoms with Gasteiger partial charge < -0.3 is 19.9 Å². The molecule has 0 radical (unpaired) electrons. The number of benzene rings is 1. The number of fused-ring (bicyclic) bond motifs is 2. The van der Waals surface area contributed by atoms with Gasteiger partial charge in [0.05, 0.1) is 28.7 Å². The summed E-state index contributed by atoms with van der Waals surface area (Å²) in [6.07, 6.45) is 4.88. The van der Waals surface area contributed by atoms with Crippen molar-refractivity contribution < 1.29 is 8.78 Å². The predicted molar refractivity (Wildman–Crippen MR) is 108 cm³/mol. The molecule has 1 fully saturated rings. The van der Waals surface area contributed by atoms with E-state index in [1.54, 1.807) is 23.7 Å². The van der Waals surface area contributed by atoms with Crippen LogP contribution in [0.1, 0.15) is 5.69 Å². The minimum Gasteiger partial charge on any atom is -0.369 e. The quantitative estimate of drug-likeness (QED) is 0.556. The minimum absolute atomic E-state index is 0.248. The van der Waals surface area contributed by atoms with Crippen LogP contribution in [0.15, 0.2) is 36.8 Å². The standard InChI is InChI=1S/C20H19F2N7/c1-12-10-29-11-13(6-16(22)20(29)25-12)26-18-9-24-27-17-8-14(7-15(21)19(17)18)28-4-2-23-3-5-28/h6-11,23H,2-5H2,1H3,(H,26,27). The van der Waals surface area contributed by atoms with Crippen LogP contribution in [-0.4, -0.2) is 45.8 Å². The maximum absolute atomic E-state index is 15.1. The molecule has 1 aliphatic rings. The average molecular weight is 395 g/mol. The molecule has 1 saturated heterocycles. The molecule has 0 atom stereocenters. The number of aryl methyl sites for hydroxylation is 1. The Morgan fingerprint density at radius 2 is 1.90 bits per heavy atom. The van der Waals surface area contributed by atoms with Crippen LogP contribution in [0.3, 0.4) is 0 Å². The van der Waals surface area contributed by atoms with Gasteiger partial charge in [0.15, 0.2) is 11.5 Å². The molecule has 0 saturated carbocycles. The maximum atomic E-state index is 15.1. The van der Waals surface area contributed by atoms with E-state index in [0.29, 0.717) is 28.0 Å². The number of imidazole rings is 1. The molecule has 0 spiro atoms. The van der Waals surface area contributed by atoms with Crippen molar-refractivity contribution in [1.82, 2.24) is 24.9 Å². The van der Waals surface area contributed by atoms with Crippen molar-refractivity contribution >= 4 is 33.6 Å². The zero-order chi connectivity index (χ0) is 20.0. The van der Waals surface area contributed by atoms with Gasteiger partial charge in [-0.25, -0.2) is 13.8 Å². The van der Waals surface area contributed by atoms with Crippen LogP contribution in [0.25, 0.3) is 16.6 Å². The van der Waals surface area contributed by atoms with Gasteiger partial charge in [0.1, 0.15) is 11.3 Å². The van der Waals surface area contributed by atoms with E-state index in [9.17, 15) is 4.39 Å². The van der Waals surface area contributed by atoms with Crippen molar-refractivity contribution in [2.45, 2.75) is 6.92 Å². The normalized spacial score (nSPS) is 14.7. The summed E-state index contributed by atoms with van der Waals surface area (Å²) in [5, 5.41) is 14.8. The van der Waals surface area contributed by atoms with Crippen LogP contribution < -0.4 is 15.5 Å². The van der Waals surface area contributed by atoms with Crippen molar-refractivity contribution in [3.63, 3.8) is 0 Å². The van der Waals surface area contributed by atoms with E-state index in [2.05, 4.69) is 30.7 Å². The number of rotatable bonds is 3. The number of hydrogen-bond donors (Lipinski definition) is 2. The van der Waals surface area contributed by atoms with Crippen molar-refractivity contribution in [2.24, 2.45) is 0 Å². The van der Waals surface area contributed by atoms with E-state index in [1.807, 2.05) is 6.07 Å². The topological polar surface area (TPSA) is 70.4 Å². The number of pyridine rings is 1. The Labute approximate surface area is 165 Å². The van der Waals surface area contributed by atoms with Gasteiger partial charge in [0.25, 0.3) is 0 Å². The first-order valence-electron chi connectivity index (χ1n) is 9.41. The van der Waals surface area contributed by atoms with Crippen molar-refractivity contribution in [2.75, 3.05) is 36.4 Å². The first-order valence-corrected chi connectivity index (χ1v) is 9.41. The zero-order valence-electron chi connectivity index (χ0n) is 15.8. The van der Waals surface area contributed by atoms with Crippen molar-refractivity contribution in [3.05, 3.63) is 54.1 Å². The summed E-state index contributed by atoms with van der Waals surface area (Å²) in [7, 11) is 0. The Balaban J connectivity index is 1.55. The van der Waals surface area contributed by atoms with Gasteiger partial charge >= 0.3 is 0 Å². The monoisotopic (exact) mass is 395 g/mol. The third-order valence-electron chi connectivity index (χ3n) is 5.06. The van der Waals surface area contributed by atoms with Crippen molar-refractivity contribution in [3.8, 4) is 0 Å². The minimum atomic E-state index is -0.462. The summed E-state index contributed by atoms with van der Waals surface area (Å²) >= 11 is 0. The van der Waals surface area contributed by atoms with E-state index >= 15 is 4.39 Å². The number of nitrogens with one attached hydrogen (secondary N) is 2. The molecule has 9 heteroatoms. The zero-order valence-corrected chi connectivity index (χ0v) is 15.8. The highest BCUT2D eigenvalue weighted by molar-refractivity contribution is 5.94. The van der Waals surface area contributed by atoms with E-state index in [4.69, 9.17) is 0 Å². The summed E-state index contributed by atoms with van der Waals surface area (Å²) in [5.41, 5.74) is 3.08. The fraction of sp³-hybridized carbons (Fsp3) is 0.250. The average Bonchev–Trinajstić information content (AvgIpc) is 3.09. The highest BCUT2D eigenvalue weighted by atomic mass is 19.1. The van der Waals surface area contributed by atoms with Gasteiger partial charge in [-0.3, -0.25) is 0 Å². The second-order valence-corrected chi connectivity index (χ2v) is 7.13. The number of halogens is 2. The lowest BCUT2D eigenvalue weighted by Crippen LogP contribution is -2.43. The summed E-state index contributed by atoms with van der Waals surface area (Å²) in [4.78, 5) is 6.26. The Morgan fingerprint density at radius 1 is 1.07 bits per heavy atom. The molecule has 29 heavy (non-hydrogen) atoms. The molecule has 1 aromatic carbocycles. The highest BCUT2D eigenvalue weighted by Gasteiger charge is 2.16. The first-order chi connectivity index (χ1) is 14.1. The smallest absolute Gasteiger partial charge is 0.173 e. The Bertz CT molecular complexity index is 1210. The molecule has 0 bridgehead atoms. The van der Waals surface area contributed by atoms with Crippen LogP contribution in [0, 0.1) is 18.6 Å². The molecule has 1 aliphatic heterocycles. The van der Waals surface area contributed by atoms with Gasteiger partial charge in [-0.15, -0.1) is 0 Å². The number of hydrogen-bond acceptors (Lipinski definition) is 6. The van der Waals surface area contributed by atoms with E-state index < -0.39 is 11.6 Å². The molecule has 0 unspecified atom stereocenters. The molecule has 4 aromatic rings. The van der Waals surface area contributed by atoms with Crippen molar-refractivity contribution in [1.29, 1.82) is 0 Å². The van der Waals surface area contributed by atoms with Crippen LogP contribution in [0.4, 0.5) is 25.8 Å². The van der Waals surface area contributed by atoms with Gasteiger partial charge in [-0.2, -0.15) is 10.2 Å². The Kier molecular flexibility index (Phi) is 4.24. The summed E-state index contributed by atoms with van der Waals surface area (Å²) in [6, 6.07) is 4.69. The van der Waals surface area contributed by atoms with E-state index in [-0.39, 0.29) is 5.65 Å². The molecule has 0 amide bonds. The maximum Gasteiger partial charge on any atom is 0.173 e. The lowest BCUT2D eigenvalue weighted by atomic mass is 10.1. The second-order valence-electron chi connectivity index (χ2n) is 7.13. The lowest BCUT2D eigenvalue weighted by Gasteiger charge is -2.29. The Hall–Kier alpha value is -3.33. The summed E-state index contributed by atoms with van der Waals surface area (Å²) in [6.45, 7) is 5.12. The van der Waals surface area contributed by atoms with E-state index in [0.717, 1.165) is 31.9 Å². The lowest BCUT2D eigenvalue weighted by molar-refractivity contribution is 0.586. The van der Waals surface area contributed by atoms with Crippen LogP contribution >= 0.6 is 0 Å². The highest BCUT2D eigenvalue weighted by Crippen LogP contribution is 2.31. The van der Waals surface area contributed by atoms with Crippen LogP contribution in [-0.2, 0) is 0 Å². The number of anilines is 3. The van der Waals surface area contributed by atoms with Crippen LogP contribution in [0.5, 0.6) is 0 Å². The van der Waals surface area contributed by atoms with Gasteiger partial charge in [-0.05, 0) is 19.1 Å². The molecular formula is C20H19F2N7. The largest absolute Gasteiger partial charge is 0.369 e. The molecular weight excluding hydrogens is 376 g/mol. The van der Waals surface area contributed by atoms with Gasteiger partial charge in [0.2, 0.25) is 0 Å². The number of nitrogens with zero attached hydrogens (tertiary/aromatic N) is 5. The number of aromatic nitrogens is 4. The second kappa shape index (κ2) is 6.93.